The molecule has 1 saturated heterocycles. The Hall–Kier alpha value is -2.53. The van der Waals surface area contributed by atoms with Gasteiger partial charge in [0.1, 0.15) is 23.3 Å². The number of phenolic OH excluding ortho intramolecular Hbond substituents is 1. The molecular formula is C23H31N2O3+. The number of nitrogens with one attached hydrogen (secondary N) is 1. The summed E-state index contributed by atoms with van der Waals surface area (Å²) in [6.45, 7) is 5.76. The van der Waals surface area contributed by atoms with Crippen LogP contribution in [0, 0.1) is 0 Å². The van der Waals surface area contributed by atoms with Crippen molar-refractivity contribution >= 4 is 6.21 Å². The lowest BCUT2D eigenvalue weighted by Gasteiger charge is -2.23. The monoisotopic (exact) mass is 383 g/mol. The summed E-state index contributed by atoms with van der Waals surface area (Å²) in [6, 6.07) is 14.0. The molecule has 2 N–H and O–H groups in total. The number of quaternary nitrogens is 1. The van der Waals surface area contributed by atoms with E-state index in [-0.39, 0.29) is 5.75 Å². The summed E-state index contributed by atoms with van der Waals surface area (Å²) in [5, 5.41) is 10.3. The second kappa shape index (κ2) is 10.1. The molecule has 3 rings (SSSR count). The second-order valence-corrected chi connectivity index (χ2v) is 7.25. The first kappa shape index (κ1) is 20.2. The predicted molar refractivity (Wildman–Crippen MR) is 112 cm³/mol. The topological polar surface area (TPSA) is 55.5 Å². The van der Waals surface area contributed by atoms with E-state index in [4.69, 9.17) is 9.47 Å². The van der Waals surface area contributed by atoms with Crippen LogP contribution in [0.4, 0.5) is 0 Å². The molecule has 0 saturated carbocycles. The molecule has 5 nitrogen and oxygen atoms in total. The molecule has 2 aromatic rings. The van der Waals surface area contributed by atoms with Gasteiger partial charge >= 0.3 is 0 Å². The van der Waals surface area contributed by atoms with Crippen LogP contribution in [-0.4, -0.2) is 44.7 Å². The molecule has 0 spiro atoms. The summed E-state index contributed by atoms with van der Waals surface area (Å²) in [4.78, 5) is 6.26. The van der Waals surface area contributed by atoms with E-state index >= 15 is 0 Å². The molecule has 5 heteroatoms. The Morgan fingerprint density at radius 2 is 1.82 bits per heavy atom. The number of benzene rings is 2. The molecule has 0 radical (unpaired) electrons. The van der Waals surface area contributed by atoms with E-state index in [1.165, 1.54) is 31.5 Å². The lowest BCUT2D eigenvalue weighted by Crippen LogP contribution is -3.10. The largest absolute Gasteiger partial charge is 0.507 e. The van der Waals surface area contributed by atoms with E-state index in [2.05, 4.69) is 24.0 Å². The fraction of sp³-hybridized carbons (Fsp3) is 0.435. The molecule has 0 aliphatic carbocycles. The molecule has 0 unspecified atom stereocenters. The minimum atomic E-state index is 0.201. The summed E-state index contributed by atoms with van der Waals surface area (Å²) in [6.07, 6.45) is 5.25. The number of aliphatic imine (C=N–C) groups is 1. The number of methoxy groups -OCH3 is 1. The minimum absolute atomic E-state index is 0.201. The van der Waals surface area contributed by atoms with Crippen LogP contribution in [0.15, 0.2) is 47.5 Å². The fourth-order valence-electron chi connectivity index (χ4n) is 3.68. The quantitative estimate of drug-likeness (QED) is 0.655. The van der Waals surface area contributed by atoms with Crippen molar-refractivity contribution < 1.29 is 19.5 Å². The predicted octanol–water partition coefficient (Wildman–Crippen LogP) is 3.03. The van der Waals surface area contributed by atoms with Crippen molar-refractivity contribution in [2.75, 3.05) is 33.4 Å². The van der Waals surface area contributed by atoms with Gasteiger partial charge in [-0.15, -0.1) is 0 Å². The molecule has 0 amide bonds. The van der Waals surface area contributed by atoms with Gasteiger partial charge in [-0.3, -0.25) is 4.99 Å². The van der Waals surface area contributed by atoms with Gasteiger partial charge in [-0.2, -0.15) is 0 Å². The molecule has 150 valence electrons. The van der Waals surface area contributed by atoms with Crippen LogP contribution in [0.5, 0.6) is 17.2 Å². The summed E-state index contributed by atoms with van der Waals surface area (Å²) >= 11 is 0. The van der Waals surface area contributed by atoms with Gasteiger partial charge in [0.05, 0.1) is 33.4 Å². The molecule has 28 heavy (non-hydrogen) atoms. The van der Waals surface area contributed by atoms with Gasteiger partial charge in [0, 0.05) is 36.2 Å². The summed E-state index contributed by atoms with van der Waals surface area (Å²) in [5.41, 5.74) is 2.00. The van der Waals surface area contributed by atoms with Crippen LogP contribution in [0.2, 0.25) is 0 Å². The second-order valence-electron chi connectivity index (χ2n) is 7.25. The Bertz CT molecular complexity index is 768. The van der Waals surface area contributed by atoms with Crippen molar-refractivity contribution in [1.29, 1.82) is 0 Å². The van der Waals surface area contributed by atoms with Crippen LogP contribution < -0.4 is 14.4 Å². The van der Waals surface area contributed by atoms with Crippen LogP contribution in [0.1, 0.15) is 43.4 Å². The van der Waals surface area contributed by atoms with Crippen LogP contribution >= 0.6 is 0 Å². The third-order valence-electron chi connectivity index (χ3n) is 5.25. The first-order valence-electron chi connectivity index (χ1n) is 10.2. The maximum Gasteiger partial charge on any atom is 0.133 e. The average Bonchev–Trinajstić information content (AvgIpc) is 3.25. The van der Waals surface area contributed by atoms with Crippen molar-refractivity contribution in [2.24, 2.45) is 4.99 Å². The highest BCUT2D eigenvalue weighted by atomic mass is 16.5. The first-order chi connectivity index (χ1) is 13.7. The number of nitrogens with zero attached hydrogens (tertiary/aromatic N) is 1. The lowest BCUT2D eigenvalue weighted by atomic mass is 10.1. The molecule has 0 bridgehead atoms. The normalized spacial score (nSPS) is 15.8. The zero-order valence-corrected chi connectivity index (χ0v) is 16.9. The van der Waals surface area contributed by atoms with Crippen molar-refractivity contribution in [1.82, 2.24) is 0 Å². The van der Waals surface area contributed by atoms with E-state index in [9.17, 15) is 5.11 Å². The Kier molecular flexibility index (Phi) is 7.31. The summed E-state index contributed by atoms with van der Waals surface area (Å²) < 4.78 is 10.8. The Morgan fingerprint density at radius 1 is 1.11 bits per heavy atom. The number of ether oxygens (including phenoxy) is 2. The number of rotatable bonds is 9. The van der Waals surface area contributed by atoms with Gasteiger partial charge in [-0.05, 0) is 42.8 Å². The number of hydrogen-bond donors (Lipinski definition) is 2. The fourth-order valence-corrected chi connectivity index (χ4v) is 3.68. The third-order valence-corrected chi connectivity index (χ3v) is 5.25. The number of likely N-dealkylation sites (tertiary alicyclic amines) is 1. The van der Waals surface area contributed by atoms with Gasteiger partial charge in [-0.1, -0.05) is 6.92 Å². The van der Waals surface area contributed by atoms with E-state index in [1.807, 2.05) is 24.3 Å². The highest BCUT2D eigenvalue weighted by Crippen LogP contribution is 2.23. The van der Waals surface area contributed by atoms with Crippen molar-refractivity contribution in [3.05, 3.63) is 53.6 Å². The van der Waals surface area contributed by atoms with Gasteiger partial charge in [0.25, 0.3) is 0 Å². The van der Waals surface area contributed by atoms with E-state index in [0.29, 0.717) is 30.5 Å². The number of hydrogen-bond acceptors (Lipinski definition) is 4. The maximum atomic E-state index is 10.3. The smallest absolute Gasteiger partial charge is 0.133 e. The zero-order chi connectivity index (χ0) is 19.8. The maximum absolute atomic E-state index is 10.3. The van der Waals surface area contributed by atoms with Crippen molar-refractivity contribution in [3.8, 4) is 17.2 Å². The Balaban J connectivity index is 1.70. The first-order valence-corrected chi connectivity index (χ1v) is 10.2. The third kappa shape index (κ3) is 5.26. The molecule has 2 aromatic carbocycles. The standard InChI is InChI=1S/C23H30N2O3/c1-3-14-28-21-11-8-19(23(26)15-21)16-24-17-22(25-12-4-5-13-25)18-6-9-20(27-2)10-7-18/h6-11,15-16,22,26H,3-5,12-14,17H2,1-2H3/p+1/t22-/m0/s1. The minimum Gasteiger partial charge on any atom is -0.507 e. The Labute approximate surface area is 167 Å². The molecule has 1 heterocycles. The highest BCUT2D eigenvalue weighted by molar-refractivity contribution is 5.83. The van der Waals surface area contributed by atoms with Gasteiger partial charge < -0.3 is 19.5 Å². The van der Waals surface area contributed by atoms with E-state index < -0.39 is 0 Å². The van der Waals surface area contributed by atoms with Gasteiger partial charge in [0.15, 0.2) is 0 Å². The molecular weight excluding hydrogens is 352 g/mol. The van der Waals surface area contributed by atoms with Gasteiger partial charge in [-0.25, -0.2) is 0 Å². The number of phenols is 1. The lowest BCUT2D eigenvalue weighted by molar-refractivity contribution is -0.918. The van der Waals surface area contributed by atoms with Crippen molar-refractivity contribution in [3.63, 3.8) is 0 Å². The zero-order valence-electron chi connectivity index (χ0n) is 16.9. The highest BCUT2D eigenvalue weighted by Gasteiger charge is 2.27. The van der Waals surface area contributed by atoms with Crippen LogP contribution in [0.25, 0.3) is 0 Å². The van der Waals surface area contributed by atoms with E-state index in [1.54, 1.807) is 24.3 Å². The Morgan fingerprint density at radius 3 is 2.46 bits per heavy atom. The average molecular weight is 384 g/mol. The van der Waals surface area contributed by atoms with Crippen LogP contribution in [-0.2, 0) is 0 Å². The van der Waals surface area contributed by atoms with Gasteiger partial charge in [0.2, 0.25) is 0 Å². The molecule has 1 atom stereocenters. The number of aromatic hydroxyl groups is 1. The summed E-state index contributed by atoms with van der Waals surface area (Å²) in [7, 11) is 1.69. The molecule has 1 aliphatic heterocycles. The molecule has 0 aromatic heterocycles. The molecule has 1 fully saturated rings. The van der Waals surface area contributed by atoms with Crippen LogP contribution in [0.3, 0.4) is 0 Å². The molecule has 1 aliphatic rings. The summed E-state index contributed by atoms with van der Waals surface area (Å²) in [5.74, 6) is 1.76. The SMILES string of the molecule is CCCOc1ccc(C=NC[C@@H](c2ccc(OC)cc2)[NH+]2CCCC2)c(O)c1. The van der Waals surface area contributed by atoms with E-state index in [0.717, 1.165) is 12.2 Å². The van der Waals surface area contributed by atoms with Crippen molar-refractivity contribution in [2.45, 2.75) is 32.2 Å².